The predicted molar refractivity (Wildman–Crippen MR) is 97.9 cm³/mol. The van der Waals surface area contributed by atoms with Gasteiger partial charge in [0.1, 0.15) is 5.82 Å². The molecular formula is C18H13BrFN3O3. The third-order valence-electron chi connectivity index (χ3n) is 3.75. The van der Waals surface area contributed by atoms with Crippen molar-refractivity contribution >= 4 is 51.4 Å². The number of urea groups is 1. The van der Waals surface area contributed by atoms with E-state index in [9.17, 15) is 18.8 Å². The molecule has 1 atom stereocenters. The Balaban J connectivity index is 1.90. The van der Waals surface area contributed by atoms with Crippen molar-refractivity contribution in [2.75, 3.05) is 4.90 Å². The number of aryl methyl sites for hydroxylation is 1. The highest BCUT2D eigenvalue weighted by molar-refractivity contribution is 9.10. The van der Waals surface area contributed by atoms with Crippen LogP contribution in [0.25, 0.3) is 0 Å². The highest BCUT2D eigenvalue weighted by Crippen LogP contribution is 2.27. The number of hydrogen-bond donors (Lipinski definition) is 1. The Morgan fingerprint density at radius 2 is 1.85 bits per heavy atom. The third kappa shape index (κ3) is 3.55. The molecule has 26 heavy (non-hydrogen) atoms. The fourth-order valence-corrected chi connectivity index (χ4v) is 3.02. The highest BCUT2D eigenvalue weighted by atomic mass is 79.9. The van der Waals surface area contributed by atoms with Gasteiger partial charge in [-0.1, -0.05) is 6.07 Å². The lowest BCUT2D eigenvalue weighted by atomic mass is 10.1. The first-order valence-corrected chi connectivity index (χ1v) is 8.41. The van der Waals surface area contributed by atoms with Crippen LogP contribution >= 0.6 is 15.9 Å². The average Bonchev–Trinajstić information content (AvgIpc) is 2.57. The van der Waals surface area contributed by atoms with Crippen LogP contribution in [-0.2, 0) is 9.59 Å². The first-order valence-electron chi connectivity index (χ1n) is 7.61. The Bertz CT molecular complexity index is 928. The summed E-state index contributed by atoms with van der Waals surface area (Å²) in [6.07, 6.45) is 1.19. The second-order valence-electron chi connectivity index (χ2n) is 5.66. The van der Waals surface area contributed by atoms with Gasteiger partial charge in [0.2, 0.25) is 5.91 Å². The summed E-state index contributed by atoms with van der Waals surface area (Å²) in [6.45, 7) is 1.92. The van der Waals surface area contributed by atoms with Crippen molar-refractivity contribution in [1.82, 2.24) is 5.32 Å². The maximum absolute atomic E-state index is 13.1. The summed E-state index contributed by atoms with van der Waals surface area (Å²) in [4.78, 5) is 41.7. The number of benzene rings is 2. The molecule has 6 nitrogen and oxygen atoms in total. The first-order chi connectivity index (χ1) is 12.4. The summed E-state index contributed by atoms with van der Waals surface area (Å²) in [6, 6.07) is 9.37. The van der Waals surface area contributed by atoms with Crippen LogP contribution in [0.5, 0.6) is 0 Å². The number of nitrogens with one attached hydrogen (secondary N) is 1. The third-order valence-corrected chi connectivity index (χ3v) is 4.39. The molecule has 1 heterocycles. The van der Waals surface area contributed by atoms with Gasteiger partial charge in [0, 0.05) is 10.7 Å². The minimum atomic E-state index is -1.27. The Kier molecular flexibility index (Phi) is 4.94. The van der Waals surface area contributed by atoms with Crippen LogP contribution in [0.3, 0.4) is 0 Å². The highest BCUT2D eigenvalue weighted by Gasteiger charge is 2.40. The number of carbonyl (C=O) groups excluding carboxylic acids is 3. The van der Waals surface area contributed by atoms with Crippen molar-refractivity contribution in [2.24, 2.45) is 10.9 Å². The first kappa shape index (κ1) is 17.9. The molecule has 2 aromatic rings. The second-order valence-corrected chi connectivity index (χ2v) is 6.51. The molecule has 1 saturated heterocycles. The number of anilines is 1. The molecule has 1 N–H and O–H groups in total. The largest absolute Gasteiger partial charge is 0.335 e. The van der Waals surface area contributed by atoms with Crippen molar-refractivity contribution in [3.63, 3.8) is 0 Å². The molecule has 0 unspecified atom stereocenters. The number of imide groups is 2. The molecule has 0 bridgehead atoms. The topological polar surface area (TPSA) is 78.8 Å². The summed E-state index contributed by atoms with van der Waals surface area (Å²) >= 11 is 3.37. The Hall–Kier alpha value is -2.87. The van der Waals surface area contributed by atoms with E-state index in [1.165, 1.54) is 18.3 Å². The van der Waals surface area contributed by atoms with E-state index in [1.807, 2.05) is 19.1 Å². The van der Waals surface area contributed by atoms with Gasteiger partial charge in [-0.3, -0.25) is 19.9 Å². The van der Waals surface area contributed by atoms with Crippen molar-refractivity contribution in [3.8, 4) is 0 Å². The van der Waals surface area contributed by atoms with E-state index < -0.39 is 29.6 Å². The minimum absolute atomic E-state index is 0.163. The van der Waals surface area contributed by atoms with Crippen molar-refractivity contribution < 1.29 is 18.8 Å². The summed E-state index contributed by atoms with van der Waals surface area (Å²) in [5.74, 6) is -3.29. The van der Waals surface area contributed by atoms with Crippen LogP contribution in [0.2, 0.25) is 0 Å². The fourth-order valence-electron chi connectivity index (χ4n) is 2.43. The molecule has 0 saturated carbocycles. The van der Waals surface area contributed by atoms with Crippen LogP contribution in [0.15, 0.2) is 51.9 Å². The number of nitrogens with zero attached hydrogens (tertiary/aromatic N) is 2. The molecule has 0 spiro atoms. The predicted octanol–water partition coefficient (Wildman–Crippen LogP) is 3.50. The van der Waals surface area contributed by atoms with Gasteiger partial charge in [-0.25, -0.2) is 14.1 Å². The minimum Gasteiger partial charge on any atom is -0.276 e. The lowest BCUT2D eigenvalue weighted by molar-refractivity contribution is -0.131. The Morgan fingerprint density at radius 1 is 1.15 bits per heavy atom. The zero-order valence-corrected chi connectivity index (χ0v) is 15.2. The van der Waals surface area contributed by atoms with Crippen molar-refractivity contribution in [1.29, 1.82) is 0 Å². The van der Waals surface area contributed by atoms with Crippen molar-refractivity contribution in [2.45, 2.75) is 6.92 Å². The van der Waals surface area contributed by atoms with Gasteiger partial charge in [0.05, 0.1) is 11.4 Å². The van der Waals surface area contributed by atoms with E-state index in [2.05, 4.69) is 26.2 Å². The molecule has 1 aliphatic rings. The van der Waals surface area contributed by atoms with Crippen LogP contribution in [0.4, 0.5) is 20.6 Å². The van der Waals surface area contributed by atoms with E-state index in [4.69, 9.17) is 0 Å². The van der Waals surface area contributed by atoms with E-state index >= 15 is 0 Å². The zero-order valence-electron chi connectivity index (χ0n) is 13.6. The Morgan fingerprint density at radius 3 is 2.50 bits per heavy atom. The SMILES string of the molecule is Cc1ccc(N=C[C@@H]2C(=O)NC(=O)N(c3ccc(F)cc3)C2=O)c(Br)c1. The summed E-state index contributed by atoms with van der Waals surface area (Å²) in [5, 5.41) is 2.11. The van der Waals surface area contributed by atoms with Crippen LogP contribution in [0.1, 0.15) is 5.56 Å². The standard InChI is InChI=1S/C18H13BrFN3O3/c1-10-2-7-15(14(19)8-10)21-9-13-16(24)22-18(26)23(17(13)25)12-5-3-11(20)4-6-12/h2-9,13H,1H3,(H,22,24,26)/t13-/m1/s1. The molecule has 0 aromatic heterocycles. The summed E-state index contributed by atoms with van der Waals surface area (Å²) in [5.41, 5.74) is 1.73. The maximum atomic E-state index is 13.1. The lowest BCUT2D eigenvalue weighted by Gasteiger charge is -2.28. The van der Waals surface area contributed by atoms with Gasteiger partial charge in [0.15, 0.2) is 5.92 Å². The Labute approximate surface area is 156 Å². The number of barbiturate groups is 1. The van der Waals surface area contributed by atoms with Crippen LogP contribution in [0, 0.1) is 18.7 Å². The molecule has 2 aromatic carbocycles. The quantitative estimate of drug-likeness (QED) is 0.612. The number of rotatable bonds is 3. The van der Waals surface area contributed by atoms with E-state index in [-0.39, 0.29) is 5.69 Å². The van der Waals surface area contributed by atoms with Crippen molar-refractivity contribution in [3.05, 3.63) is 58.3 Å². The molecule has 132 valence electrons. The van der Waals surface area contributed by atoms with Gasteiger partial charge >= 0.3 is 6.03 Å². The van der Waals surface area contributed by atoms with E-state index in [0.29, 0.717) is 10.2 Å². The molecule has 4 amide bonds. The molecule has 1 fully saturated rings. The lowest BCUT2D eigenvalue weighted by Crippen LogP contribution is -2.58. The molecule has 0 aliphatic carbocycles. The smallest absolute Gasteiger partial charge is 0.276 e. The fraction of sp³-hybridized carbons (Fsp3) is 0.111. The van der Waals surface area contributed by atoms with Gasteiger partial charge in [0.25, 0.3) is 5.91 Å². The number of aliphatic imine (C=N–C) groups is 1. The van der Waals surface area contributed by atoms with Gasteiger partial charge in [-0.05, 0) is 64.8 Å². The number of amides is 4. The maximum Gasteiger partial charge on any atom is 0.335 e. The molecule has 0 radical (unpaired) electrons. The molecule has 3 rings (SSSR count). The zero-order chi connectivity index (χ0) is 18.8. The normalized spacial score (nSPS) is 17.7. The second kappa shape index (κ2) is 7.17. The van der Waals surface area contributed by atoms with Gasteiger partial charge in [-0.15, -0.1) is 0 Å². The monoisotopic (exact) mass is 417 g/mol. The molecule has 1 aliphatic heterocycles. The molecular weight excluding hydrogens is 405 g/mol. The number of halogens is 2. The van der Waals surface area contributed by atoms with Gasteiger partial charge < -0.3 is 0 Å². The van der Waals surface area contributed by atoms with Crippen LogP contribution in [-0.4, -0.2) is 24.1 Å². The summed E-state index contributed by atoms with van der Waals surface area (Å²) < 4.78 is 13.8. The van der Waals surface area contributed by atoms with Gasteiger partial charge in [-0.2, -0.15) is 0 Å². The van der Waals surface area contributed by atoms with Crippen LogP contribution < -0.4 is 10.2 Å². The molecule has 8 heteroatoms. The van der Waals surface area contributed by atoms with E-state index in [1.54, 1.807) is 6.07 Å². The number of hydrogen-bond acceptors (Lipinski definition) is 4. The average molecular weight is 418 g/mol. The number of carbonyl (C=O) groups is 3. The summed E-state index contributed by atoms with van der Waals surface area (Å²) in [7, 11) is 0. The van der Waals surface area contributed by atoms with E-state index in [0.717, 1.165) is 22.6 Å².